The van der Waals surface area contributed by atoms with Gasteiger partial charge in [-0.1, -0.05) is 11.8 Å². The molecule has 1 aromatic carbocycles. The SMILES string of the molecule is Cc1cc(C#CCC(N)=O)ccc1N. The zero-order chi connectivity index (χ0) is 10.6. The van der Waals surface area contributed by atoms with Gasteiger partial charge >= 0.3 is 0 Å². The molecule has 3 nitrogen and oxygen atoms in total. The fraction of sp³-hybridized carbons (Fsp3) is 0.182. The van der Waals surface area contributed by atoms with E-state index in [0.717, 1.165) is 16.8 Å². The van der Waals surface area contributed by atoms with Crippen LogP contribution in [0.5, 0.6) is 0 Å². The third-order valence-corrected chi connectivity index (χ3v) is 1.77. The first-order valence-corrected chi connectivity index (χ1v) is 4.23. The van der Waals surface area contributed by atoms with Crippen molar-refractivity contribution >= 4 is 11.6 Å². The highest BCUT2D eigenvalue weighted by atomic mass is 16.1. The minimum Gasteiger partial charge on any atom is -0.399 e. The first-order chi connectivity index (χ1) is 6.59. The number of hydrogen-bond acceptors (Lipinski definition) is 2. The average Bonchev–Trinajstić information content (AvgIpc) is 2.10. The molecule has 0 atom stereocenters. The summed E-state index contributed by atoms with van der Waals surface area (Å²) in [7, 11) is 0. The third-order valence-electron chi connectivity index (χ3n) is 1.77. The first-order valence-electron chi connectivity index (χ1n) is 4.23. The normalized spacial score (nSPS) is 8.93. The second-order valence-electron chi connectivity index (χ2n) is 3.02. The quantitative estimate of drug-likeness (QED) is 0.505. The van der Waals surface area contributed by atoms with Crippen molar-refractivity contribution in [2.24, 2.45) is 5.73 Å². The number of aryl methyl sites for hydroxylation is 1. The molecule has 0 aromatic heterocycles. The van der Waals surface area contributed by atoms with Crippen LogP contribution in [0.2, 0.25) is 0 Å². The van der Waals surface area contributed by atoms with Crippen LogP contribution in [0.4, 0.5) is 5.69 Å². The third kappa shape index (κ3) is 2.83. The van der Waals surface area contributed by atoms with E-state index in [1.165, 1.54) is 0 Å². The molecule has 72 valence electrons. The number of carbonyl (C=O) groups excluding carboxylic acids is 1. The Balaban J connectivity index is 2.81. The fourth-order valence-electron chi connectivity index (χ4n) is 0.987. The Labute approximate surface area is 83.1 Å². The van der Waals surface area contributed by atoms with Crippen LogP contribution in [0.15, 0.2) is 18.2 Å². The maximum atomic E-state index is 10.4. The summed E-state index contributed by atoms with van der Waals surface area (Å²) in [5.74, 6) is 5.11. The van der Waals surface area contributed by atoms with Gasteiger partial charge in [0.1, 0.15) is 0 Å². The van der Waals surface area contributed by atoms with E-state index in [4.69, 9.17) is 11.5 Å². The highest BCUT2D eigenvalue weighted by Crippen LogP contribution is 2.11. The van der Waals surface area contributed by atoms with Crippen LogP contribution in [0, 0.1) is 18.8 Å². The summed E-state index contributed by atoms with van der Waals surface area (Å²) in [5.41, 5.74) is 13.2. The second kappa shape index (κ2) is 4.33. The van der Waals surface area contributed by atoms with Gasteiger partial charge in [0.25, 0.3) is 0 Å². The summed E-state index contributed by atoms with van der Waals surface area (Å²) < 4.78 is 0. The number of primary amides is 1. The van der Waals surface area contributed by atoms with E-state index in [9.17, 15) is 4.79 Å². The van der Waals surface area contributed by atoms with Gasteiger partial charge in [-0.25, -0.2) is 0 Å². The van der Waals surface area contributed by atoms with Gasteiger partial charge in [-0.3, -0.25) is 4.79 Å². The number of carbonyl (C=O) groups is 1. The molecule has 0 aliphatic carbocycles. The van der Waals surface area contributed by atoms with Crippen LogP contribution in [-0.4, -0.2) is 5.91 Å². The Morgan fingerprint density at radius 3 is 2.79 bits per heavy atom. The van der Waals surface area contributed by atoms with Crippen molar-refractivity contribution in [1.29, 1.82) is 0 Å². The zero-order valence-electron chi connectivity index (χ0n) is 8.00. The van der Waals surface area contributed by atoms with Gasteiger partial charge in [-0.05, 0) is 30.7 Å². The second-order valence-corrected chi connectivity index (χ2v) is 3.02. The molecule has 1 aromatic rings. The van der Waals surface area contributed by atoms with E-state index >= 15 is 0 Å². The summed E-state index contributed by atoms with van der Waals surface area (Å²) in [6.45, 7) is 1.91. The highest BCUT2D eigenvalue weighted by molar-refractivity contribution is 5.76. The molecule has 0 spiro atoms. The largest absolute Gasteiger partial charge is 0.399 e. The van der Waals surface area contributed by atoms with Crippen molar-refractivity contribution in [2.75, 3.05) is 5.73 Å². The maximum Gasteiger partial charge on any atom is 0.229 e. The summed E-state index contributed by atoms with van der Waals surface area (Å²) in [4.78, 5) is 10.4. The molecule has 14 heavy (non-hydrogen) atoms. The van der Waals surface area contributed by atoms with Gasteiger partial charge in [0.15, 0.2) is 0 Å². The molecule has 0 fully saturated rings. The Morgan fingerprint density at radius 1 is 1.50 bits per heavy atom. The smallest absolute Gasteiger partial charge is 0.229 e. The number of nitrogen functional groups attached to an aromatic ring is 1. The first kappa shape index (κ1) is 10.1. The van der Waals surface area contributed by atoms with Crippen LogP contribution in [0.1, 0.15) is 17.5 Å². The molecular formula is C11H12N2O. The van der Waals surface area contributed by atoms with Crippen molar-refractivity contribution in [3.8, 4) is 11.8 Å². The van der Waals surface area contributed by atoms with Crippen LogP contribution in [0.25, 0.3) is 0 Å². The predicted molar refractivity (Wildman–Crippen MR) is 56.3 cm³/mol. The summed E-state index contributed by atoms with van der Waals surface area (Å²) in [5, 5.41) is 0. The van der Waals surface area contributed by atoms with Crippen molar-refractivity contribution in [3.63, 3.8) is 0 Å². The lowest BCUT2D eigenvalue weighted by atomic mass is 10.1. The number of amides is 1. The Morgan fingerprint density at radius 2 is 2.21 bits per heavy atom. The van der Waals surface area contributed by atoms with Crippen molar-refractivity contribution in [3.05, 3.63) is 29.3 Å². The molecule has 0 unspecified atom stereocenters. The molecule has 1 amide bonds. The lowest BCUT2D eigenvalue weighted by Crippen LogP contribution is -2.08. The molecule has 4 N–H and O–H groups in total. The monoisotopic (exact) mass is 188 g/mol. The molecule has 0 aliphatic rings. The van der Waals surface area contributed by atoms with Gasteiger partial charge in [0.05, 0.1) is 6.42 Å². The van der Waals surface area contributed by atoms with E-state index in [-0.39, 0.29) is 6.42 Å². The standard InChI is InChI=1S/C11H12N2O/c1-8-7-9(5-6-10(8)12)3-2-4-11(13)14/h5-7H,4,12H2,1H3,(H2,13,14). The Hall–Kier alpha value is -1.95. The Bertz CT molecular complexity index is 413. The van der Waals surface area contributed by atoms with Crippen LogP contribution in [0.3, 0.4) is 0 Å². The molecule has 0 heterocycles. The number of hydrogen-bond donors (Lipinski definition) is 2. The number of benzene rings is 1. The molecule has 1 rings (SSSR count). The number of anilines is 1. The number of rotatable bonds is 1. The van der Waals surface area contributed by atoms with Crippen molar-refractivity contribution < 1.29 is 4.79 Å². The van der Waals surface area contributed by atoms with Crippen LogP contribution in [-0.2, 0) is 4.79 Å². The molecule has 0 radical (unpaired) electrons. The van der Waals surface area contributed by atoms with E-state index < -0.39 is 5.91 Å². The number of nitrogens with two attached hydrogens (primary N) is 2. The molecule has 0 saturated carbocycles. The molecule has 0 saturated heterocycles. The zero-order valence-corrected chi connectivity index (χ0v) is 8.00. The average molecular weight is 188 g/mol. The lowest BCUT2D eigenvalue weighted by molar-refractivity contribution is -0.117. The predicted octanol–water partition coefficient (Wildman–Crippen LogP) is 0.804. The van der Waals surface area contributed by atoms with Crippen molar-refractivity contribution in [1.82, 2.24) is 0 Å². The summed E-state index contributed by atoms with van der Waals surface area (Å²) in [6, 6.07) is 5.49. The summed E-state index contributed by atoms with van der Waals surface area (Å²) >= 11 is 0. The highest BCUT2D eigenvalue weighted by Gasteiger charge is 1.93. The van der Waals surface area contributed by atoms with Gasteiger partial charge in [-0.2, -0.15) is 0 Å². The Kier molecular flexibility index (Phi) is 3.14. The molecule has 0 bridgehead atoms. The van der Waals surface area contributed by atoms with E-state index in [0.29, 0.717) is 0 Å². The topological polar surface area (TPSA) is 69.1 Å². The van der Waals surface area contributed by atoms with Gasteiger partial charge in [0.2, 0.25) is 5.91 Å². The molecule has 3 heteroatoms. The van der Waals surface area contributed by atoms with Gasteiger partial charge < -0.3 is 11.5 Å². The minimum atomic E-state index is -0.412. The fourth-order valence-corrected chi connectivity index (χ4v) is 0.987. The molecule has 0 aliphatic heterocycles. The lowest BCUT2D eigenvalue weighted by Gasteiger charge is -1.98. The van der Waals surface area contributed by atoms with Crippen LogP contribution >= 0.6 is 0 Å². The maximum absolute atomic E-state index is 10.4. The molecular weight excluding hydrogens is 176 g/mol. The van der Waals surface area contributed by atoms with E-state index in [2.05, 4.69) is 11.8 Å². The van der Waals surface area contributed by atoms with Gasteiger partial charge in [0, 0.05) is 11.3 Å². The minimum absolute atomic E-state index is 0.0867. The van der Waals surface area contributed by atoms with Crippen LogP contribution < -0.4 is 11.5 Å². The summed E-state index contributed by atoms with van der Waals surface area (Å²) in [6.07, 6.45) is 0.0867. The van der Waals surface area contributed by atoms with Gasteiger partial charge in [-0.15, -0.1) is 0 Å². The van der Waals surface area contributed by atoms with E-state index in [1.807, 2.05) is 19.1 Å². The van der Waals surface area contributed by atoms with Crippen molar-refractivity contribution in [2.45, 2.75) is 13.3 Å². The van der Waals surface area contributed by atoms with E-state index in [1.54, 1.807) is 6.07 Å².